The van der Waals surface area contributed by atoms with Crippen LogP contribution in [0.3, 0.4) is 0 Å². The van der Waals surface area contributed by atoms with Gasteiger partial charge in [0.05, 0.1) is 86.4 Å². The van der Waals surface area contributed by atoms with E-state index in [1.165, 1.54) is 208 Å². The monoisotopic (exact) mass is 1880 g/mol. The van der Waals surface area contributed by atoms with Crippen LogP contribution in [0.15, 0.2) is 388 Å². The molecule has 0 spiro atoms. The highest BCUT2D eigenvalue weighted by atomic mass is 32.3. The number of esters is 2. The molecule has 2 aliphatic carbocycles. The van der Waals surface area contributed by atoms with E-state index in [1.54, 1.807) is 23.5 Å². The Labute approximate surface area is 747 Å². The lowest BCUT2D eigenvalue weighted by atomic mass is 10.1. The predicted molar refractivity (Wildman–Crippen MR) is 508 cm³/mol. The summed E-state index contributed by atoms with van der Waals surface area (Å²) >= 11 is 46.0. The summed E-state index contributed by atoms with van der Waals surface area (Å²) in [6, 6.07) is 71.5. The quantitative estimate of drug-likeness (QED) is 0.0766. The number of thioether (sulfide) groups is 24. The van der Waals surface area contributed by atoms with E-state index in [4.69, 9.17) is 9.47 Å². The number of carbonyl (C=O) groups is 2. The van der Waals surface area contributed by atoms with E-state index in [2.05, 4.69) is 194 Å². The third-order valence-corrected chi connectivity index (χ3v) is 49.7. The van der Waals surface area contributed by atoms with Crippen molar-refractivity contribution in [3.8, 4) is 0 Å². The average Bonchev–Trinajstić information content (AvgIpc) is 1.55. The smallest absolute Gasteiger partial charge is 0.306 e. The molecule has 10 heterocycles. The van der Waals surface area contributed by atoms with Crippen molar-refractivity contribution in [2.75, 3.05) is 37.2 Å². The molecule has 0 amide bonds. The summed E-state index contributed by atoms with van der Waals surface area (Å²) in [5.74, 6) is 2.62. The highest BCUT2D eigenvalue weighted by Crippen LogP contribution is 2.75. The molecule has 4 nitrogen and oxygen atoms in total. The standard InChI is InChI=1S/C83H52O4S24/c1-86-58(84)36-40-90-82-80(108-78(110-82)68-64(74-100-50-28-11-12-29-51(50)101-74)60(70-92-42-20-3-4-21-43(42)93-70)61(71-94-44-22-5-6-23-45(44)95-71)65(68)75-102-52-30-13-14-31-53(52)103-75)88-38-19-39-89-81-83(91-41-37-59(85)87-2)111-79(109-81)69-66(76-104-54-32-15-16-33-55(54)105-76)62(72-96-46-24-7-8-25-47(46)97-72)63(73-98-48-26-9-10-27-49(48)99-73)67(69)77-106-56-34-17-18-35-57(56)107-77/h3-18,20-35H,19,36-41H2,1-2H3. The minimum atomic E-state index is -0.197. The number of carbonyl (C=O) groups excluding carboxylic acids is 2. The maximum absolute atomic E-state index is 13.1. The summed E-state index contributed by atoms with van der Waals surface area (Å²) in [7, 11) is 2.99. The first-order valence-electron chi connectivity index (χ1n) is 34.6. The Bertz CT molecular complexity index is 4960. The van der Waals surface area contributed by atoms with Crippen molar-refractivity contribution in [1.29, 1.82) is 0 Å². The Kier molecular flexibility index (Phi) is 24.2. The van der Waals surface area contributed by atoms with Gasteiger partial charge in [-0.1, -0.05) is 332 Å². The van der Waals surface area contributed by atoms with Crippen LogP contribution in [0.4, 0.5) is 0 Å². The van der Waals surface area contributed by atoms with E-state index in [9.17, 15) is 9.59 Å². The summed E-state index contributed by atoms with van der Waals surface area (Å²) in [6.45, 7) is 0. The number of hydrogen-bond donors (Lipinski definition) is 0. The number of rotatable bonds is 14. The minimum Gasteiger partial charge on any atom is -0.469 e. The van der Waals surface area contributed by atoms with Gasteiger partial charge in [0, 0.05) is 146 Å². The van der Waals surface area contributed by atoms with Gasteiger partial charge in [-0.25, -0.2) is 0 Å². The van der Waals surface area contributed by atoms with Crippen molar-refractivity contribution in [2.45, 2.75) is 97.6 Å². The van der Waals surface area contributed by atoms with Crippen LogP contribution >= 0.6 is 282 Å². The maximum Gasteiger partial charge on any atom is 0.306 e. The van der Waals surface area contributed by atoms with Gasteiger partial charge in [-0.2, -0.15) is 0 Å². The largest absolute Gasteiger partial charge is 0.469 e. The maximum atomic E-state index is 13.1. The van der Waals surface area contributed by atoms with Gasteiger partial charge in [0.25, 0.3) is 0 Å². The van der Waals surface area contributed by atoms with Gasteiger partial charge in [-0.05, 0) is 115 Å². The Hall–Kier alpha value is -2.02. The van der Waals surface area contributed by atoms with Gasteiger partial charge in [-0.15, -0.1) is 47.0 Å². The Balaban J connectivity index is 0.679. The molecule has 2 fully saturated rings. The fourth-order valence-corrected chi connectivity index (χ4v) is 45.8. The number of fused-ring (bicyclic) bond motifs is 8. The molecule has 10 aliphatic heterocycles. The number of benzene rings is 8. The fourth-order valence-electron chi connectivity index (χ4n) is 13.0. The van der Waals surface area contributed by atoms with Crippen LogP contribution in [0.1, 0.15) is 19.3 Å². The zero-order chi connectivity index (χ0) is 74.2. The second kappa shape index (κ2) is 34.6. The van der Waals surface area contributed by atoms with E-state index in [1.807, 2.05) is 259 Å². The molecule has 12 aliphatic rings. The molecule has 2 saturated carbocycles. The summed E-state index contributed by atoms with van der Waals surface area (Å²) in [5, 5.41) is 0. The normalized spacial score (nSPS) is 18.8. The molecule has 111 heavy (non-hydrogen) atoms. The van der Waals surface area contributed by atoms with Crippen molar-refractivity contribution in [3.63, 3.8) is 0 Å². The van der Waals surface area contributed by atoms with Crippen molar-refractivity contribution in [2.24, 2.45) is 0 Å². The molecule has 8 aromatic rings. The van der Waals surface area contributed by atoms with Crippen molar-refractivity contribution < 1.29 is 19.1 Å². The van der Waals surface area contributed by atoms with Gasteiger partial charge in [-0.3, -0.25) is 9.59 Å². The summed E-state index contributed by atoms with van der Waals surface area (Å²) in [5.41, 5.74) is 13.2. The highest BCUT2D eigenvalue weighted by Gasteiger charge is 2.49. The molecule has 20 rings (SSSR count). The lowest BCUT2D eigenvalue weighted by molar-refractivity contribution is -0.140. The highest BCUT2D eigenvalue weighted by molar-refractivity contribution is 8.42. The van der Waals surface area contributed by atoms with Crippen molar-refractivity contribution >= 4 is 294 Å². The van der Waals surface area contributed by atoms with E-state index >= 15 is 0 Å². The fraction of sp³-hybridized carbons (Fsp3) is 0.108. The number of hydrogen-bond acceptors (Lipinski definition) is 28. The first kappa shape index (κ1) is 77.6. The van der Waals surface area contributed by atoms with Crippen LogP contribution in [0.5, 0.6) is 0 Å². The van der Waals surface area contributed by atoms with Gasteiger partial charge in [0.1, 0.15) is 0 Å². The van der Waals surface area contributed by atoms with Gasteiger partial charge in [0.2, 0.25) is 0 Å². The van der Waals surface area contributed by atoms with Crippen LogP contribution in [0.25, 0.3) is 0 Å². The molecular formula is C83H52O4S24. The number of ether oxygens (including phenoxy) is 2. The topological polar surface area (TPSA) is 52.6 Å². The van der Waals surface area contributed by atoms with Crippen LogP contribution in [0, 0.1) is 0 Å². The molecule has 0 aromatic heterocycles. The van der Waals surface area contributed by atoms with E-state index in [-0.39, 0.29) is 11.9 Å². The first-order valence-corrected chi connectivity index (χ1v) is 54.9. The molecule has 0 bridgehead atoms. The van der Waals surface area contributed by atoms with Gasteiger partial charge < -0.3 is 9.47 Å². The van der Waals surface area contributed by atoms with Crippen LogP contribution in [-0.4, -0.2) is 49.2 Å². The second-order valence-corrected chi connectivity index (χ2v) is 53.7. The predicted octanol–water partition coefficient (Wildman–Crippen LogP) is 32.0. The van der Waals surface area contributed by atoms with Crippen LogP contribution in [0.2, 0.25) is 0 Å². The van der Waals surface area contributed by atoms with E-state index in [0.29, 0.717) is 24.3 Å². The first-order chi connectivity index (χ1) is 54.7. The summed E-state index contributed by atoms with van der Waals surface area (Å²) < 4.78 is 28.7. The third-order valence-electron chi connectivity index (χ3n) is 17.9. The molecule has 28 heteroatoms. The zero-order valence-electron chi connectivity index (χ0n) is 57.9. The number of methoxy groups -OCH3 is 2. The van der Waals surface area contributed by atoms with E-state index < -0.39 is 0 Å². The Morgan fingerprint density at radius 2 is 0.351 bits per heavy atom. The Morgan fingerprint density at radius 3 is 0.495 bits per heavy atom. The molecule has 0 atom stereocenters. The van der Waals surface area contributed by atoms with Crippen molar-refractivity contribution in [1.82, 2.24) is 0 Å². The van der Waals surface area contributed by atoms with Crippen LogP contribution < -0.4 is 0 Å². The molecule has 0 unspecified atom stereocenters. The van der Waals surface area contributed by atoms with Crippen LogP contribution in [-0.2, 0) is 19.1 Å². The third kappa shape index (κ3) is 15.7. The molecule has 552 valence electrons. The minimum absolute atomic E-state index is 0.197. The summed E-state index contributed by atoms with van der Waals surface area (Å²) in [6.07, 6.45) is 1.59. The SMILES string of the molecule is COC(=O)CCSC1=C(SCCCSC2=C(SCCC(=O)OC)SC(=C3C(=C4Sc5ccccc5S4)C(=C4Sc5ccccc5S4)C(=C4Sc5ccccc5S4)C3=C3Sc4ccccc4S3)S2)SC(=C2C(=C3Sc4ccccc4S3)C(=C3Sc4ccccc4S3)C(=C3Sc4ccccc4S3)C2=C2Sc3ccccc3S2)S1. The second-order valence-electron chi connectivity index (χ2n) is 24.8. The molecular weight excluding hydrogens is 1830 g/mol. The average molecular weight is 1880 g/mol. The summed E-state index contributed by atoms with van der Waals surface area (Å²) in [4.78, 5) is 46.8. The number of allylic oxidation sites excluding steroid dienone is 10. The lowest BCUT2D eigenvalue weighted by Gasteiger charge is -2.13. The molecule has 0 N–H and O–H groups in total. The molecule has 0 saturated heterocycles. The van der Waals surface area contributed by atoms with E-state index in [0.717, 1.165) is 17.9 Å². The van der Waals surface area contributed by atoms with Gasteiger partial charge in [0.15, 0.2) is 0 Å². The lowest BCUT2D eigenvalue weighted by Crippen LogP contribution is -2.00. The molecule has 8 aromatic carbocycles. The van der Waals surface area contributed by atoms with Crippen molar-refractivity contribution in [3.05, 3.63) is 309 Å². The Morgan fingerprint density at radius 1 is 0.216 bits per heavy atom. The zero-order valence-corrected chi connectivity index (χ0v) is 77.5. The molecule has 0 radical (unpaired) electrons. The van der Waals surface area contributed by atoms with Gasteiger partial charge >= 0.3 is 11.9 Å².